The van der Waals surface area contributed by atoms with Crippen molar-refractivity contribution in [1.82, 2.24) is 10.6 Å². The SMILES string of the molecule is NCCOCCOCCOCCOCCC(=O)NCCCCCNC(=O)O[C@@H](CCC(=O)O)C(=O)O. The van der Waals surface area contributed by atoms with Crippen molar-refractivity contribution in [2.45, 2.75) is 44.6 Å². The zero-order chi connectivity index (χ0) is 26.9. The molecule has 0 saturated carbocycles. The van der Waals surface area contributed by atoms with Crippen LogP contribution in [0.1, 0.15) is 38.5 Å². The third kappa shape index (κ3) is 23.2. The average Bonchev–Trinajstić information content (AvgIpc) is 2.83. The van der Waals surface area contributed by atoms with Crippen LogP contribution in [-0.2, 0) is 38.1 Å². The standard InChI is InChI=1S/C22H41N3O11/c23-7-11-33-13-15-35-17-16-34-14-12-32-10-6-19(26)24-8-2-1-3-9-25-22(31)36-18(21(29)30)4-5-20(27)28/h18H,1-17,23H2,(H,24,26)(H,25,31)(H,27,28)(H,29,30)/t18-/m0/s1. The zero-order valence-electron chi connectivity index (χ0n) is 20.7. The fourth-order valence-electron chi connectivity index (χ4n) is 2.60. The normalized spacial score (nSPS) is 11.6. The van der Waals surface area contributed by atoms with E-state index < -0.39 is 30.6 Å². The maximum atomic E-state index is 11.8. The first-order valence-corrected chi connectivity index (χ1v) is 12.0. The second kappa shape index (κ2) is 24.2. The number of carbonyl (C=O) groups is 4. The van der Waals surface area contributed by atoms with Gasteiger partial charge in [0.15, 0.2) is 0 Å². The first kappa shape index (κ1) is 33.5. The molecule has 2 amide bonds. The number of hydrogen-bond acceptors (Lipinski definition) is 10. The third-order valence-electron chi connectivity index (χ3n) is 4.44. The highest BCUT2D eigenvalue weighted by molar-refractivity contribution is 5.78. The van der Waals surface area contributed by atoms with Crippen LogP contribution in [0.3, 0.4) is 0 Å². The number of carbonyl (C=O) groups excluding carboxylic acids is 2. The molecule has 0 bridgehead atoms. The number of hydrogen-bond donors (Lipinski definition) is 5. The molecule has 0 aromatic rings. The van der Waals surface area contributed by atoms with Gasteiger partial charge in [-0.05, 0) is 19.3 Å². The Balaban J connectivity index is 3.48. The molecule has 0 spiro atoms. The lowest BCUT2D eigenvalue weighted by atomic mass is 10.2. The lowest BCUT2D eigenvalue weighted by Crippen LogP contribution is -2.34. The van der Waals surface area contributed by atoms with Crippen LogP contribution in [0, 0.1) is 0 Å². The van der Waals surface area contributed by atoms with Crippen molar-refractivity contribution in [3.8, 4) is 0 Å². The number of amides is 2. The highest BCUT2D eigenvalue weighted by Crippen LogP contribution is 2.04. The number of alkyl carbamates (subject to hydrolysis) is 1. The van der Waals surface area contributed by atoms with E-state index in [4.69, 9.17) is 39.6 Å². The summed E-state index contributed by atoms with van der Waals surface area (Å²) in [5.74, 6) is -2.69. The van der Waals surface area contributed by atoms with E-state index in [-0.39, 0.29) is 25.3 Å². The molecule has 0 aliphatic rings. The van der Waals surface area contributed by atoms with Gasteiger partial charge < -0.3 is 50.3 Å². The monoisotopic (exact) mass is 523 g/mol. The van der Waals surface area contributed by atoms with E-state index in [1.54, 1.807) is 0 Å². The minimum absolute atomic E-state index is 0.121. The van der Waals surface area contributed by atoms with Gasteiger partial charge in [0, 0.05) is 38.9 Å². The maximum Gasteiger partial charge on any atom is 0.407 e. The largest absolute Gasteiger partial charge is 0.481 e. The number of aliphatic carboxylic acids is 2. The molecule has 210 valence electrons. The molecule has 0 saturated heterocycles. The first-order chi connectivity index (χ1) is 17.4. The van der Waals surface area contributed by atoms with E-state index in [9.17, 15) is 19.2 Å². The van der Waals surface area contributed by atoms with E-state index in [1.165, 1.54) is 0 Å². The molecule has 36 heavy (non-hydrogen) atoms. The molecule has 0 aliphatic carbocycles. The van der Waals surface area contributed by atoms with Crippen molar-refractivity contribution in [2.24, 2.45) is 5.73 Å². The Morgan fingerprint density at radius 3 is 1.75 bits per heavy atom. The number of nitrogens with one attached hydrogen (secondary N) is 2. The van der Waals surface area contributed by atoms with Gasteiger partial charge in [-0.15, -0.1) is 0 Å². The van der Waals surface area contributed by atoms with Gasteiger partial charge in [0.2, 0.25) is 12.0 Å². The van der Waals surface area contributed by atoms with Crippen LogP contribution < -0.4 is 16.4 Å². The van der Waals surface area contributed by atoms with Crippen molar-refractivity contribution in [1.29, 1.82) is 0 Å². The predicted octanol–water partition coefficient (Wildman–Crippen LogP) is -0.268. The fourth-order valence-corrected chi connectivity index (χ4v) is 2.60. The molecule has 0 aliphatic heterocycles. The number of carboxylic acid groups (broad SMARTS) is 2. The van der Waals surface area contributed by atoms with Crippen molar-refractivity contribution < 1.29 is 53.1 Å². The summed E-state index contributed by atoms with van der Waals surface area (Å²) in [5.41, 5.74) is 5.30. The van der Waals surface area contributed by atoms with Crippen LogP contribution in [0.5, 0.6) is 0 Å². The van der Waals surface area contributed by atoms with Crippen LogP contribution in [-0.4, -0.2) is 113 Å². The number of nitrogens with two attached hydrogens (primary N) is 1. The minimum Gasteiger partial charge on any atom is -0.481 e. The first-order valence-electron chi connectivity index (χ1n) is 12.0. The molecular formula is C22H41N3O11. The highest BCUT2D eigenvalue weighted by Gasteiger charge is 2.22. The minimum atomic E-state index is -1.51. The molecule has 1 atom stereocenters. The Hall–Kier alpha value is -2.52. The Morgan fingerprint density at radius 2 is 1.22 bits per heavy atom. The lowest BCUT2D eigenvalue weighted by Gasteiger charge is -2.13. The van der Waals surface area contributed by atoms with Gasteiger partial charge in [0.05, 0.1) is 52.9 Å². The smallest absolute Gasteiger partial charge is 0.407 e. The molecule has 0 rings (SSSR count). The van der Waals surface area contributed by atoms with E-state index in [0.29, 0.717) is 78.8 Å². The number of unbranched alkanes of at least 4 members (excludes halogenated alkanes) is 2. The predicted molar refractivity (Wildman–Crippen MR) is 127 cm³/mol. The van der Waals surface area contributed by atoms with Gasteiger partial charge in [-0.1, -0.05) is 0 Å². The Kier molecular flexibility index (Phi) is 22.5. The van der Waals surface area contributed by atoms with Crippen molar-refractivity contribution in [3.63, 3.8) is 0 Å². The summed E-state index contributed by atoms with van der Waals surface area (Å²) in [7, 11) is 0. The van der Waals surface area contributed by atoms with E-state index in [2.05, 4.69) is 10.6 Å². The van der Waals surface area contributed by atoms with Gasteiger partial charge in [-0.25, -0.2) is 9.59 Å². The van der Waals surface area contributed by atoms with Gasteiger partial charge in [-0.2, -0.15) is 0 Å². The van der Waals surface area contributed by atoms with Crippen LogP contribution in [0.25, 0.3) is 0 Å². The second-order valence-electron chi connectivity index (χ2n) is 7.49. The number of rotatable bonds is 25. The summed E-state index contributed by atoms with van der Waals surface area (Å²) in [4.78, 5) is 44.9. The Bertz CT molecular complexity index is 608. The lowest BCUT2D eigenvalue weighted by molar-refractivity contribution is -0.148. The molecule has 14 nitrogen and oxygen atoms in total. The Labute approximate surface area is 211 Å². The van der Waals surface area contributed by atoms with Gasteiger partial charge in [0.1, 0.15) is 0 Å². The van der Waals surface area contributed by atoms with Crippen LogP contribution in [0.15, 0.2) is 0 Å². The number of carboxylic acids is 2. The Morgan fingerprint density at radius 1 is 0.694 bits per heavy atom. The summed E-state index contributed by atoms with van der Waals surface area (Å²) in [6.07, 6.45) is -0.873. The van der Waals surface area contributed by atoms with Crippen molar-refractivity contribution in [3.05, 3.63) is 0 Å². The fraction of sp³-hybridized carbons (Fsp3) is 0.818. The van der Waals surface area contributed by atoms with Gasteiger partial charge in [0.25, 0.3) is 0 Å². The van der Waals surface area contributed by atoms with Crippen LogP contribution >= 0.6 is 0 Å². The van der Waals surface area contributed by atoms with Crippen molar-refractivity contribution >= 4 is 23.9 Å². The van der Waals surface area contributed by atoms with Gasteiger partial charge in [-0.3, -0.25) is 9.59 Å². The molecule has 14 heteroatoms. The topological polar surface area (TPSA) is 205 Å². The van der Waals surface area contributed by atoms with Crippen LogP contribution in [0.4, 0.5) is 4.79 Å². The molecular weight excluding hydrogens is 482 g/mol. The average molecular weight is 524 g/mol. The summed E-state index contributed by atoms with van der Waals surface area (Å²) >= 11 is 0. The van der Waals surface area contributed by atoms with Gasteiger partial charge >= 0.3 is 18.0 Å². The molecule has 0 aromatic heterocycles. The highest BCUT2D eigenvalue weighted by atomic mass is 16.6. The second-order valence-corrected chi connectivity index (χ2v) is 7.49. The summed E-state index contributed by atoms with van der Waals surface area (Å²) in [5, 5.41) is 22.7. The molecule has 0 radical (unpaired) electrons. The van der Waals surface area contributed by atoms with Crippen LogP contribution in [0.2, 0.25) is 0 Å². The summed E-state index contributed by atoms with van der Waals surface area (Å²) in [6.45, 7) is 4.77. The third-order valence-corrected chi connectivity index (χ3v) is 4.44. The summed E-state index contributed by atoms with van der Waals surface area (Å²) in [6, 6.07) is 0. The molecule has 0 aromatic carbocycles. The molecule has 0 unspecified atom stereocenters. The quantitative estimate of drug-likeness (QED) is 0.0981. The molecule has 0 heterocycles. The van der Waals surface area contributed by atoms with E-state index in [0.717, 1.165) is 6.42 Å². The maximum absolute atomic E-state index is 11.8. The number of ether oxygens (including phenoxy) is 5. The van der Waals surface area contributed by atoms with Crippen molar-refractivity contribution in [2.75, 3.05) is 72.5 Å². The molecule has 6 N–H and O–H groups in total. The summed E-state index contributed by atoms with van der Waals surface area (Å²) < 4.78 is 25.9. The molecule has 0 fully saturated rings. The van der Waals surface area contributed by atoms with E-state index in [1.807, 2.05) is 0 Å². The zero-order valence-corrected chi connectivity index (χ0v) is 20.7. The van der Waals surface area contributed by atoms with E-state index >= 15 is 0 Å².